The summed E-state index contributed by atoms with van der Waals surface area (Å²) in [5.74, 6) is -0.887. The van der Waals surface area contributed by atoms with Gasteiger partial charge in [0, 0.05) is 22.5 Å². The number of hydrogen-bond acceptors (Lipinski definition) is 2. The maximum absolute atomic E-state index is 14.3. The molecule has 136 valence electrons. The topological polar surface area (TPSA) is 40.5 Å². The molecule has 1 N–H and O–H groups in total. The lowest BCUT2D eigenvalue weighted by atomic mass is 9.70. The summed E-state index contributed by atoms with van der Waals surface area (Å²) in [6.07, 6.45) is 3.23. The fraction of sp³-hybridized carbons (Fsp3) is 0.381. The predicted molar refractivity (Wildman–Crippen MR) is 98.7 cm³/mol. The Hall–Kier alpha value is -1.91. The van der Waals surface area contributed by atoms with Crippen molar-refractivity contribution in [2.75, 3.05) is 6.61 Å². The molecule has 0 unspecified atom stereocenters. The molecule has 2 aliphatic rings. The second kappa shape index (κ2) is 6.67. The third-order valence-electron chi connectivity index (χ3n) is 5.96. The van der Waals surface area contributed by atoms with E-state index < -0.39 is 5.82 Å². The van der Waals surface area contributed by atoms with E-state index in [0.29, 0.717) is 0 Å². The number of aliphatic hydroxyl groups is 1. The summed E-state index contributed by atoms with van der Waals surface area (Å²) in [5, 5.41) is 10.5. The molecule has 0 saturated carbocycles. The van der Waals surface area contributed by atoms with Crippen LogP contribution >= 0.6 is 11.6 Å². The standard InChI is InChI=1S/C21H21ClFNO2/c22-15-6-8-17(18(23)10-15)20(26)24-16-7-9-19(24)21(12-16,13-25)11-14-4-2-1-3-5-14/h1-6,8,10,16,19,25H,7,9,11-13H2/t16-,19+,21-/m0/s1. The van der Waals surface area contributed by atoms with Crippen LogP contribution < -0.4 is 0 Å². The van der Waals surface area contributed by atoms with Gasteiger partial charge in [0.05, 0.1) is 12.2 Å². The van der Waals surface area contributed by atoms with Crippen molar-refractivity contribution in [2.45, 2.75) is 37.8 Å². The van der Waals surface area contributed by atoms with Crippen LogP contribution in [0.5, 0.6) is 0 Å². The molecule has 4 rings (SSSR count). The molecule has 26 heavy (non-hydrogen) atoms. The van der Waals surface area contributed by atoms with Crippen LogP contribution in [0.15, 0.2) is 48.5 Å². The van der Waals surface area contributed by atoms with E-state index in [4.69, 9.17) is 11.6 Å². The van der Waals surface area contributed by atoms with Crippen molar-refractivity contribution in [3.8, 4) is 0 Å². The Balaban J connectivity index is 1.64. The van der Waals surface area contributed by atoms with Gasteiger partial charge in [0.15, 0.2) is 0 Å². The maximum atomic E-state index is 14.3. The van der Waals surface area contributed by atoms with Crippen molar-refractivity contribution in [3.63, 3.8) is 0 Å². The van der Waals surface area contributed by atoms with Gasteiger partial charge in [-0.05, 0) is 49.4 Å². The van der Waals surface area contributed by atoms with Crippen LogP contribution in [-0.2, 0) is 6.42 Å². The van der Waals surface area contributed by atoms with Gasteiger partial charge in [-0.3, -0.25) is 4.79 Å². The highest BCUT2D eigenvalue weighted by atomic mass is 35.5. The van der Waals surface area contributed by atoms with E-state index in [1.807, 2.05) is 23.1 Å². The number of amides is 1. The summed E-state index contributed by atoms with van der Waals surface area (Å²) in [7, 11) is 0. The Morgan fingerprint density at radius 1 is 1.23 bits per heavy atom. The fourth-order valence-electron chi connectivity index (χ4n) is 4.82. The van der Waals surface area contributed by atoms with Crippen LogP contribution in [0.25, 0.3) is 0 Å². The van der Waals surface area contributed by atoms with Crippen LogP contribution in [0.3, 0.4) is 0 Å². The summed E-state index contributed by atoms with van der Waals surface area (Å²) < 4.78 is 14.3. The van der Waals surface area contributed by atoms with Crippen molar-refractivity contribution in [2.24, 2.45) is 5.41 Å². The highest BCUT2D eigenvalue weighted by Crippen LogP contribution is 2.51. The van der Waals surface area contributed by atoms with Crippen molar-refractivity contribution in [1.82, 2.24) is 4.90 Å². The van der Waals surface area contributed by atoms with Gasteiger partial charge in [-0.1, -0.05) is 41.9 Å². The minimum atomic E-state index is -0.591. The quantitative estimate of drug-likeness (QED) is 0.877. The SMILES string of the molecule is O=C(c1ccc(Cl)cc1F)N1[C@H]2CC[C@@H]1[C@@](CO)(Cc1ccccc1)C2. The lowest BCUT2D eigenvalue weighted by molar-refractivity contribution is 0.0567. The average molecular weight is 374 g/mol. The highest BCUT2D eigenvalue weighted by molar-refractivity contribution is 6.30. The molecule has 0 aliphatic carbocycles. The zero-order valence-electron chi connectivity index (χ0n) is 14.4. The third-order valence-corrected chi connectivity index (χ3v) is 6.20. The van der Waals surface area contributed by atoms with Crippen LogP contribution in [0, 0.1) is 11.2 Å². The van der Waals surface area contributed by atoms with Gasteiger partial charge in [0.1, 0.15) is 5.82 Å². The highest BCUT2D eigenvalue weighted by Gasteiger charge is 2.57. The van der Waals surface area contributed by atoms with Crippen LogP contribution in [0.4, 0.5) is 4.39 Å². The first-order chi connectivity index (χ1) is 12.5. The Bertz CT molecular complexity index is 828. The molecule has 0 spiro atoms. The number of hydrogen-bond donors (Lipinski definition) is 1. The molecule has 3 atom stereocenters. The van der Waals surface area contributed by atoms with Crippen molar-refractivity contribution >= 4 is 17.5 Å². The summed E-state index contributed by atoms with van der Waals surface area (Å²) in [6, 6.07) is 14.2. The molecular formula is C21H21ClFNO2. The number of carbonyl (C=O) groups excluding carboxylic acids is 1. The average Bonchev–Trinajstić information content (AvgIpc) is 3.18. The number of nitrogens with zero attached hydrogens (tertiary/aromatic N) is 1. The van der Waals surface area contributed by atoms with Crippen LogP contribution in [0.1, 0.15) is 35.2 Å². The molecule has 0 radical (unpaired) electrons. The second-order valence-corrected chi connectivity index (χ2v) is 7.91. The van der Waals surface area contributed by atoms with E-state index >= 15 is 0 Å². The Kier molecular flexibility index (Phi) is 4.49. The molecule has 2 fully saturated rings. The minimum absolute atomic E-state index is 0.0238. The van der Waals surface area contributed by atoms with E-state index in [1.54, 1.807) is 6.07 Å². The number of aliphatic hydroxyl groups excluding tert-OH is 1. The monoisotopic (exact) mass is 373 g/mol. The lowest BCUT2D eigenvalue weighted by Crippen LogP contribution is -2.44. The first-order valence-corrected chi connectivity index (χ1v) is 9.34. The number of benzene rings is 2. The first-order valence-electron chi connectivity index (χ1n) is 8.96. The van der Waals surface area contributed by atoms with Crippen molar-refractivity contribution < 1.29 is 14.3 Å². The Morgan fingerprint density at radius 2 is 2.00 bits per heavy atom. The molecule has 2 aromatic carbocycles. The summed E-state index contributed by atoms with van der Waals surface area (Å²) in [6.45, 7) is 0.0238. The van der Waals surface area contributed by atoms with E-state index in [2.05, 4.69) is 12.1 Å². The predicted octanol–water partition coefficient (Wildman–Crippen LogP) is 4.08. The van der Waals surface area contributed by atoms with Crippen LogP contribution in [0.2, 0.25) is 5.02 Å². The molecule has 2 bridgehead atoms. The molecule has 2 aliphatic heterocycles. The minimum Gasteiger partial charge on any atom is -0.396 e. The zero-order valence-corrected chi connectivity index (χ0v) is 15.1. The molecule has 2 aromatic rings. The van der Waals surface area contributed by atoms with Crippen molar-refractivity contribution in [1.29, 1.82) is 0 Å². The van der Waals surface area contributed by atoms with Gasteiger partial charge in [-0.15, -0.1) is 0 Å². The Labute approximate surface area is 157 Å². The zero-order chi connectivity index (χ0) is 18.3. The van der Waals surface area contributed by atoms with Gasteiger partial charge >= 0.3 is 0 Å². The van der Waals surface area contributed by atoms with Crippen LogP contribution in [-0.4, -0.2) is 34.6 Å². The van der Waals surface area contributed by atoms with Crippen molar-refractivity contribution in [3.05, 3.63) is 70.5 Å². The van der Waals surface area contributed by atoms with E-state index in [0.717, 1.165) is 31.2 Å². The molecule has 2 heterocycles. The molecule has 0 aromatic heterocycles. The number of halogens is 2. The van der Waals surface area contributed by atoms with Gasteiger partial charge in [-0.25, -0.2) is 4.39 Å². The van der Waals surface area contributed by atoms with E-state index in [1.165, 1.54) is 12.1 Å². The third kappa shape index (κ3) is 2.81. The van der Waals surface area contributed by atoms with Gasteiger partial charge in [0.25, 0.3) is 5.91 Å². The van der Waals surface area contributed by atoms with E-state index in [9.17, 15) is 14.3 Å². The molecule has 2 saturated heterocycles. The maximum Gasteiger partial charge on any atom is 0.257 e. The summed E-state index contributed by atoms with van der Waals surface area (Å²) >= 11 is 5.81. The number of carbonyl (C=O) groups is 1. The number of fused-ring (bicyclic) bond motifs is 2. The normalized spacial score (nSPS) is 27.1. The second-order valence-electron chi connectivity index (χ2n) is 7.47. The molecule has 3 nitrogen and oxygen atoms in total. The Morgan fingerprint density at radius 3 is 2.69 bits per heavy atom. The summed E-state index contributed by atoms with van der Waals surface area (Å²) in [4.78, 5) is 14.9. The van der Waals surface area contributed by atoms with Gasteiger partial charge < -0.3 is 10.0 Å². The molecular weight excluding hydrogens is 353 g/mol. The fourth-order valence-corrected chi connectivity index (χ4v) is 4.98. The number of rotatable bonds is 4. The first kappa shape index (κ1) is 17.5. The molecule has 5 heteroatoms. The largest absolute Gasteiger partial charge is 0.396 e. The summed E-state index contributed by atoms with van der Waals surface area (Å²) in [5.41, 5.74) is 0.849. The van der Waals surface area contributed by atoms with E-state index in [-0.39, 0.29) is 40.6 Å². The smallest absolute Gasteiger partial charge is 0.257 e. The van der Waals surface area contributed by atoms with Gasteiger partial charge in [-0.2, -0.15) is 0 Å². The molecule has 1 amide bonds. The lowest BCUT2D eigenvalue weighted by Gasteiger charge is -2.36. The van der Waals surface area contributed by atoms with Gasteiger partial charge in [0.2, 0.25) is 0 Å².